The predicted molar refractivity (Wildman–Crippen MR) is 101 cm³/mol. The molecule has 0 unspecified atom stereocenters. The summed E-state index contributed by atoms with van der Waals surface area (Å²) in [6.07, 6.45) is 1.69. The summed E-state index contributed by atoms with van der Waals surface area (Å²) in [5.41, 5.74) is 0.764. The van der Waals surface area contributed by atoms with E-state index in [0.29, 0.717) is 37.4 Å². The van der Waals surface area contributed by atoms with Crippen molar-refractivity contribution in [2.45, 2.75) is 13.3 Å². The van der Waals surface area contributed by atoms with Gasteiger partial charge in [-0.3, -0.25) is 13.9 Å². The third-order valence-corrected chi connectivity index (χ3v) is 4.63. The Bertz CT molecular complexity index is 702. The van der Waals surface area contributed by atoms with Gasteiger partial charge in [0.05, 0.1) is 11.9 Å². The minimum absolute atomic E-state index is 0.186. The Labute approximate surface area is 155 Å². The summed E-state index contributed by atoms with van der Waals surface area (Å²) in [4.78, 5) is 25.4. The number of anilines is 1. The smallest absolute Gasteiger partial charge is 0.253 e. The van der Waals surface area contributed by atoms with E-state index in [2.05, 4.69) is 5.32 Å². The van der Waals surface area contributed by atoms with Crippen molar-refractivity contribution in [1.82, 2.24) is 10.2 Å². The molecule has 0 saturated heterocycles. The van der Waals surface area contributed by atoms with Crippen LogP contribution in [0.5, 0.6) is 0 Å². The lowest BCUT2D eigenvalue weighted by Crippen LogP contribution is -2.40. The minimum Gasteiger partial charge on any atom is -0.382 e. The molecule has 26 heavy (non-hydrogen) atoms. The standard InChI is InChI=1S/C17H27N3O5S/c1-5-25-12-6-11-18-16(21)13-20(26(4,23)24)15-9-7-14(8-10-15)17(22)19(2)3/h7-10H,5-6,11-13H2,1-4H3,(H,18,21). The number of sulfonamides is 1. The summed E-state index contributed by atoms with van der Waals surface area (Å²) in [5.74, 6) is -0.588. The molecule has 0 bridgehead atoms. The molecule has 0 aliphatic heterocycles. The molecule has 0 fully saturated rings. The number of hydrogen-bond donors (Lipinski definition) is 1. The number of nitrogens with one attached hydrogen (secondary N) is 1. The van der Waals surface area contributed by atoms with Crippen LogP contribution < -0.4 is 9.62 Å². The van der Waals surface area contributed by atoms with Crippen LogP contribution in [0.2, 0.25) is 0 Å². The van der Waals surface area contributed by atoms with Gasteiger partial charge in [-0.2, -0.15) is 0 Å². The first-order chi connectivity index (χ1) is 12.2. The molecule has 9 heteroatoms. The Morgan fingerprint density at radius 3 is 2.27 bits per heavy atom. The first-order valence-corrected chi connectivity index (χ1v) is 10.2. The third-order valence-electron chi connectivity index (χ3n) is 3.49. The molecule has 1 rings (SSSR count). The summed E-state index contributed by atoms with van der Waals surface area (Å²) < 4.78 is 30.3. The van der Waals surface area contributed by atoms with Crippen molar-refractivity contribution in [3.8, 4) is 0 Å². The zero-order valence-corrected chi connectivity index (χ0v) is 16.5. The maximum Gasteiger partial charge on any atom is 0.253 e. The van der Waals surface area contributed by atoms with Crippen molar-refractivity contribution in [3.05, 3.63) is 29.8 Å². The molecular weight excluding hydrogens is 358 g/mol. The maximum absolute atomic E-state index is 12.1. The van der Waals surface area contributed by atoms with Gasteiger partial charge in [0.25, 0.3) is 5.91 Å². The maximum atomic E-state index is 12.1. The van der Waals surface area contributed by atoms with Gasteiger partial charge in [0.15, 0.2) is 0 Å². The van der Waals surface area contributed by atoms with Crippen LogP contribution in [-0.2, 0) is 19.6 Å². The van der Waals surface area contributed by atoms with E-state index >= 15 is 0 Å². The van der Waals surface area contributed by atoms with Gasteiger partial charge < -0.3 is 15.0 Å². The lowest BCUT2D eigenvalue weighted by molar-refractivity contribution is -0.119. The van der Waals surface area contributed by atoms with E-state index in [4.69, 9.17) is 4.74 Å². The zero-order valence-electron chi connectivity index (χ0n) is 15.7. The van der Waals surface area contributed by atoms with E-state index < -0.39 is 15.9 Å². The Morgan fingerprint density at radius 2 is 1.77 bits per heavy atom. The van der Waals surface area contributed by atoms with Crippen LogP contribution in [0.4, 0.5) is 5.69 Å². The summed E-state index contributed by atoms with van der Waals surface area (Å²) >= 11 is 0. The van der Waals surface area contributed by atoms with Crippen LogP contribution in [0.1, 0.15) is 23.7 Å². The van der Waals surface area contributed by atoms with Gasteiger partial charge in [-0.05, 0) is 37.6 Å². The fourth-order valence-corrected chi connectivity index (χ4v) is 3.02. The van der Waals surface area contributed by atoms with E-state index in [9.17, 15) is 18.0 Å². The van der Waals surface area contributed by atoms with Gasteiger partial charge >= 0.3 is 0 Å². The average Bonchev–Trinajstić information content (AvgIpc) is 2.58. The monoisotopic (exact) mass is 385 g/mol. The van der Waals surface area contributed by atoms with Crippen molar-refractivity contribution in [3.63, 3.8) is 0 Å². The van der Waals surface area contributed by atoms with Crippen LogP contribution in [0.3, 0.4) is 0 Å². The van der Waals surface area contributed by atoms with Crippen LogP contribution in [0.15, 0.2) is 24.3 Å². The predicted octanol–water partition coefficient (Wildman–Crippen LogP) is 0.697. The molecule has 0 aliphatic carbocycles. The van der Waals surface area contributed by atoms with Gasteiger partial charge in [-0.15, -0.1) is 0 Å². The van der Waals surface area contributed by atoms with Crippen molar-refractivity contribution >= 4 is 27.5 Å². The molecule has 0 aromatic heterocycles. The Morgan fingerprint density at radius 1 is 1.15 bits per heavy atom. The Hall–Kier alpha value is -2.13. The second-order valence-corrected chi connectivity index (χ2v) is 7.82. The number of hydrogen-bond acceptors (Lipinski definition) is 5. The molecule has 0 aliphatic rings. The van der Waals surface area contributed by atoms with Crippen LogP contribution >= 0.6 is 0 Å². The van der Waals surface area contributed by atoms with Crippen molar-refractivity contribution in [2.75, 3.05) is 51.0 Å². The number of benzene rings is 1. The quantitative estimate of drug-likeness (QED) is 0.598. The molecule has 1 aromatic carbocycles. The minimum atomic E-state index is -3.65. The lowest BCUT2D eigenvalue weighted by atomic mass is 10.2. The number of amides is 2. The van der Waals surface area contributed by atoms with Gasteiger partial charge in [-0.1, -0.05) is 0 Å². The molecule has 0 radical (unpaired) electrons. The van der Waals surface area contributed by atoms with Crippen molar-refractivity contribution in [1.29, 1.82) is 0 Å². The molecule has 0 spiro atoms. The zero-order chi connectivity index (χ0) is 19.7. The topological polar surface area (TPSA) is 96.0 Å². The van der Waals surface area contributed by atoms with Gasteiger partial charge in [0.2, 0.25) is 15.9 Å². The van der Waals surface area contributed by atoms with Crippen molar-refractivity contribution in [2.24, 2.45) is 0 Å². The fourth-order valence-electron chi connectivity index (χ4n) is 2.16. The van der Waals surface area contributed by atoms with Gasteiger partial charge in [0.1, 0.15) is 6.54 Å². The highest BCUT2D eigenvalue weighted by Gasteiger charge is 2.21. The SMILES string of the molecule is CCOCCCNC(=O)CN(c1ccc(C(=O)N(C)C)cc1)S(C)(=O)=O. The fraction of sp³-hybridized carbons (Fsp3) is 0.529. The number of carbonyl (C=O) groups is 2. The Kier molecular flexibility index (Phi) is 8.53. The van der Waals surface area contributed by atoms with E-state index in [1.54, 1.807) is 14.1 Å². The van der Waals surface area contributed by atoms with Gasteiger partial charge in [0, 0.05) is 39.4 Å². The molecule has 1 N–H and O–H groups in total. The first kappa shape index (κ1) is 21.9. The molecule has 8 nitrogen and oxygen atoms in total. The molecule has 146 valence electrons. The summed E-state index contributed by atoms with van der Waals surface area (Å²) in [5, 5.41) is 2.67. The average molecular weight is 385 g/mol. The number of carbonyl (C=O) groups excluding carboxylic acids is 2. The number of rotatable bonds is 10. The highest BCUT2D eigenvalue weighted by atomic mass is 32.2. The third kappa shape index (κ3) is 7.01. The molecule has 0 heterocycles. The molecule has 0 saturated carbocycles. The second kappa shape index (κ2) is 10.1. The summed E-state index contributed by atoms with van der Waals surface area (Å²) in [6.45, 7) is 3.12. The summed E-state index contributed by atoms with van der Waals surface area (Å²) in [7, 11) is -0.381. The number of ether oxygens (including phenoxy) is 1. The highest BCUT2D eigenvalue weighted by molar-refractivity contribution is 7.92. The van der Waals surface area contributed by atoms with Gasteiger partial charge in [-0.25, -0.2) is 8.42 Å². The van der Waals surface area contributed by atoms with Crippen LogP contribution in [0.25, 0.3) is 0 Å². The van der Waals surface area contributed by atoms with Crippen molar-refractivity contribution < 1.29 is 22.7 Å². The molecular formula is C17H27N3O5S. The van der Waals surface area contributed by atoms with E-state index in [0.717, 1.165) is 10.6 Å². The Balaban J connectivity index is 2.79. The number of nitrogens with zero attached hydrogens (tertiary/aromatic N) is 2. The summed E-state index contributed by atoms with van der Waals surface area (Å²) in [6, 6.07) is 6.10. The largest absolute Gasteiger partial charge is 0.382 e. The normalized spacial score (nSPS) is 11.1. The van der Waals surface area contributed by atoms with Crippen LogP contribution in [0, 0.1) is 0 Å². The van der Waals surface area contributed by atoms with Crippen LogP contribution in [-0.4, -0.2) is 71.8 Å². The highest BCUT2D eigenvalue weighted by Crippen LogP contribution is 2.18. The molecule has 0 atom stereocenters. The molecule has 1 aromatic rings. The van der Waals surface area contributed by atoms with E-state index in [1.807, 2.05) is 6.92 Å². The molecule has 2 amide bonds. The van der Waals surface area contributed by atoms with E-state index in [-0.39, 0.29) is 12.5 Å². The van der Waals surface area contributed by atoms with E-state index in [1.165, 1.54) is 29.2 Å². The first-order valence-electron chi connectivity index (χ1n) is 8.30. The lowest BCUT2D eigenvalue weighted by Gasteiger charge is -2.22. The second-order valence-electron chi connectivity index (χ2n) is 5.92.